The fraction of sp³-hybridized carbons (Fsp3) is 0.727. The maximum atomic E-state index is 6.07. The van der Waals surface area contributed by atoms with E-state index in [2.05, 4.69) is 10.8 Å². The number of thioether (sulfide) groups is 1. The molecule has 0 saturated carbocycles. The van der Waals surface area contributed by atoms with Gasteiger partial charge in [0.15, 0.2) is 0 Å². The molecule has 0 amide bonds. The van der Waals surface area contributed by atoms with E-state index in [4.69, 9.17) is 10.7 Å². The molecule has 2 unspecified atom stereocenters. The lowest BCUT2D eigenvalue weighted by molar-refractivity contribution is 0.451. The first-order valence-corrected chi connectivity index (χ1v) is 6.90. The Morgan fingerprint density at radius 3 is 3.13 bits per heavy atom. The summed E-state index contributed by atoms with van der Waals surface area (Å²) in [6, 6.07) is 0.168. The fourth-order valence-corrected chi connectivity index (χ4v) is 3.74. The Morgan fingerprint density at radius 2 is 2.40 bits per heavy atom. The van der Waals surface area contributed by atoms with E-state index in [0.29, 0.717) is 5.92 Å². The third-order valence-corrected chi connectivity index (χ3v) is 4.58. The van der Waals surface area contributed by atoms with Gasteiger partial charge in [-0.25, -0.2) is 4.98 Å². The van der Waals surface area contributed by atoms with E-state index in [9.17, 15) is 0 Å². The number of nitrogens with two attached hydrogens (primary N) is 1. The Balaban J connectivity index is 1.90. The molecule has 0 spiro atoms. The van der Waals surface area contributed by atoms with Crippen LogP contribution in [-0.2, 0) is 6.54 Å². The van der Waals surface area contributed by atoms with Crippen molar-refractivity contribution in [3.8, 4) is 0 Å². The summed E-state index contributed by atoms with van der Waals surface area (Å²) >= 11 is 2.04. The van der Waals surface area contributed by atoms with Gasteiger partial charge < -0.3 is 10.3 Å². The molecule has 1 aromatic rings. The van der Waals surface area contributed by atoms with E-state index in [0.717, 1.165) is 18.8 Å². The highest BCUT2D eigenvalue weighted by atomic mass is 32.2. The van der Waals surface area contributed by atoms with Crippen LogP contribution in [0.4, 0.5) is 0 Å². The average Bonchev–Trinajstić information content (AvgIpc) is 2.86. The minimum atomic E-state index is 0.168. The predicted molar refractivity (Wildman–Crippen MR) is 63.1 cm³/mol. The van der Waals surface area contributed by atoms with Crippen molar-refractivity contribution in [1.29, 1.82) is 0 Å². The summed E-state index contributed by atoms with van der Waals surface area (Å²) in [4.78, 5) is 4.74. The van der Waals surface area contributed by atoms with Gasteiger partial charge in [0.1, 0.15) is 5.82 Å². The molecule has 1 fully saturated rings. The van der Waals surface area contributed by atoms with Crippen molar-refractivity contribution >= 4 is 11.8 Å². The van der Waals surface area contributed by atoms with E-state index in [1.54, 1.807) is 0 Å². The summed E-state index contributed by atoms with van der Waals surface area (Å²) < 4.78 is 2.27. The van der Waals surface area contributed by atoms with Crippen LogP contribution in [0.2, 0.25) is 0 Å². The first-order valence-electron chi connectivity index (χ1n) is 5.75. The molecule has 0 bridgehead atoms. The van der Waals surface area contributed by atoms with E-state index in [1.165, 1.54) is 30.0 Å². The molecule has 0 aromatic carbocycles. The molecular formula is C11H17N3S. The lowest BCUT2D eigenvalue weighted by atomic mass is 10.1. The average molecular weight is 223 g/mol. The number of imidazole rings is 1. The molecule has 3 heterocycles. The highest BCUT2D eigenvalue weighted by molar-refractivity contribution is 7.99. The molecule has 0 aliphatic carbocycles. The lowest BCUT2D eigenvalue weighted by Crippen LogP contribution is -2.21. The standard InChI is InChI=1S/C11H17N3S/c12-9-2-1-4-14-6-10(13-11(9)14)8-3-5-15-7-8/h6,8-9H,1-5,7,12H2. The van der Waals surface area contributed by atoms with Gasteiger partial charge in [0.25, 0.3) is 0 Å². The molecule has 2 atom stereocenters. The minimum Gasteiger partial charge on any atom is -0.333 e. The number of rotatable bonds is 1. The molecule has 2 N–H and O–H groups in total. The van der Waals surface area contributed by atoms with Gasteiger partial charge >= 0.3 is 0 Å². The van der Waals surface area contributed by atoms with Crippen molar-refractivity contribution in [2.75, 3.05) is 11.5 Å². The van der Waals surface area contributed by atoms with Crippen LogP contribution in [0, 0.1) is 0 Å². The Bertz CT molecular complexity index is 355. The molecule has 2 aliphatic heterocycles. The Kier molecular flexibility index (Phi) is 2.48. The zero-order valence-corrected chi connectivity index (χ0v) is 9.67. The van der Waals surface area contributed by atoms with Crippen molar-refractivity contribution in [1.82, 2.24) is 9.55 Å². The van der Waals surface area contributed by atoms with Gasteiger partial charge in [0.05, 0.1) is 11.7 Å². The van der Waals surface area contributed by atoms with Crippen LogP contribution in [0.1, 0.15) is 42.7 Å². The Hall–Kier alpha value is -0.480. The van der Waals surface area contributed by atoms with Crippen LogP contribution in [-0.4, -0.2) is 21.1 Å². The van der Waals surface area contributed by atoms with E-state index in [-0.39, 0.29) is 6.04 Å². The quantitative estimate of drug-likeness (QED) is 0.791. The van der Waals surface area contributed by atoms with E-state index in [1.807, 2.05) is 11.8 Å². The number of aromatic nitrogens is 2. The summed E-state index contributed by atoms with van der Waals surface area (Å²) in [6.07, 6.45) is 5.82. The van der Waals surface area contributed by atoms with Crippen molar-refractivity contribution in [3.63, 3.8) is 0 Å². The highest BCUT2D eigenvalue weighted by Gasteiger charge is 2.25. The van der Waals surface area contributed by atoms with Crippen LogP contribution < -0.4 is 5.73 Å². The van der Waals surface area contributed by atoms with Crippen LogP contribution in [0.25, 0.3) is 0 Å². The van der Waals surface area contributed by atoms with E-state index >= 15 is 0 Å². The summed E-state index contributed by atoms with van der Waals surface area (Å²) in [5.41, 5.74) is 7.35. The molecule has 82 valence electrons. The van der Waals surface area contributed by atoms with Gasteiger partial charge in [-0.05, 0) is 25.0 Å². The molecule has 2 aliphatic rings. The second kappa shape index (κ2) is 3.83. The molecular weight excluding hydrogens is 206 g/mol. The number of aryl methyl sites for hydroxylation is 1. The third-order valence-electron chi connectivity index (χ3n) is 3.42. The van der Waals surface area contributed by atoms with Gasteiger partial charge in [-0.1, -0.05) is 0 Å². The second-order valence-electron chi connectivity index (χ2n) is 4.53. The largest absolute Gasteiger partial charge is 0.333 e. The van der Waals surface area contributed by atoms with Gasteiger partial charge in [-0.15, -0.1) is 0 Å². The SMILES string of the molecule is NC1CCCn2cc(C3CCSC3)nc21. The third kappa shape index (κ3) is 1.70. The molecule has 15 heavy (non-hydrogen) atoms. The summed E-state index contributed by atoms with van der Waals surface area (Å²) in [5, 5.41) is 0. The number of hydrogen-bond donors (Lipinski definition) is 1. The zero-order chi connectivity index (χ0) is 10.3. The van der Waals surface area contributed by atoms with Gasteiger partial charge in [-0.3, -0.25) is 0 Å². The van der Waals surface area contributed by atoms with Gasteiger partial charge in [-0.2, -0.15) is 11.8 Å². The summed E-state index contributed by atoms with van der Waals surface area (Å²) in [5.74, 6) is 4.33. The van der Waals surface area contributed by atoms with Crippen LogP contribution in [0.5, 0.6) is 0 Å². The number of hydrogen-bond acceptors (Lipinski definition) is 3. The molecule has 0 radical (unpaired) electrons. The molecule has 3 nitrogen and oxygen atoms in total. The minimum absolute atomic E-state index is 0.168. The van der Waals surface area contributed by atoms with Crippen LogP contribution >= 0.6 is 11.8 Å². The summed E-state index contributed by atoms with van der Waals surface area (Å²) in [7, 11) is 0. The van der Waals surface area contributed by atoms with Crippen LogP contribution in [0.3, 0.4) is 0 Å². The monoisotopic (exact) mass is 223 g/mol. The van der Waals surface area contributed by atoms with Gasteiger partial charge in [0.2, 0.25) is 0 Å². The lowest BCUT2D eigenvalue weighted by Gasteiger charge is -2.19. The topological polar surface area (TPSA) is 43.8 Å². The maximum Gasteiger partial charge on any atom is 0.125 e. The van der Waals surface area contributed by atoms with Crippen molar-refractivity contribution in [2.45, 2.75) is 37.8 Å². The number of nitrogens with zero attached hydrogens (tertiary/aromatic N) is 2. The normalized spacial score (nSPS) is 30.5. The maximum absolute atomic E-state index is 6.07. The first-order chi connectivity index (χ1) is 7.34. The molecule has 1 saturated heterocycles. The van der Waals surface area contributed by atoms with Crippen molar-refractivity contribution in [3.05, 3.63) is 17.7 Å². The van der Waals surface area contributed by atoms with Gasteiger partial charge in [0, 0.05) is 24.4 Å². The smallest absolute Gasteiger partial charge is 0.125 e. The van der Waals surface area contributed by atoms with E-state index < -0.39 is 0 Å². The Morgan fingerprint density at radius 1 is 1.47 bits per heavy atom. The second-order valence-corrected chi connectivity index (χ2v) is 5.68. The molecule has 4 heteroatoms. The predicted octanol–water partition coefficient (Wildman–Crippen LogP) is 1.90. The van der Waals surface area contributed by atoms with Crippen LogP contribution in [0.15, 0.2) is 6.20 Å². The highest BCUT2D eigenvalue weighted by Crippen LogP contribution is 2.33. The first kappa shape index (κ1) is 9.73. The molecule has 1 aromatic heterocycles. The summed E-state index contributed by atoms with van der Waals surface area (Å²) in [6.45, 7) is 1.11. The Labute approximate surface area is 94.4 Å². The zero-order valence-electron chi connectivity index (χ0n) is 8.85. The number of fused-ring (bicyclic) bond motifs is 1. The van der Waals surface area contributed by atoms with Crippen molar-refractivity contribution < 1.29 is 0 Å². The van der Waals surface area contributed by atoms with Crippen molar-refractivity contribution in [2.24, 2.45) is 5.73 Å². The molecule has 3 rings (SSSR count). The fourth-order valence-electron chi connectivity index (χ4n) is 2.50.